The highest BCUT2D eigenvalue weighted by atomic mass is 35.5. The minimum atomic E-state index is -0.386. The molecule has 0 spiro atoms. The fraction of sp³-hybridized carbons (Fsp3) is 0.0714. The van der Waals surface area contributed by atoms with Crippen molar-refractivity contribution in [2.75, 3.05) is 5.32 Å². The Morgan fingerprint density at radius 1 is 1.23 bits per heavy atom. The Balaban J connectivity index is 1.77. The number of halogens is 1. The van der Waals surface area contributed by atoms with E-state index in [-0.39, 0.29) is 11.6 Å². The number of benzene rings is 1. The second-order valence-corrected chi connectivity index (χ2v) is 4.96. The van der Waals surface area contributed by atoms with E-state index in [0.717, 1.165) is 5.56 Å². The molecule has 3 aromatic rings. The Labute approximate surface area is 131 Å². The zero-order chi connectivity index (χ0) is 15.5. The lowest BCUT2D eigenvalue weighted by molar-refractivity contribution is 0.102. The van der Waals surface area contributed by atoms with Crippen LogP contribution in [-0.4, -0.2) is 30.9 Å². The molecule has 3 rings (SSSR count). The minimum absolute atomic E-state index is 0.181. The van der Waals surface area contributed by atoms with Crippen LogP contribution in [0, 0.1) is 6.92 Å². The molecular weight excluding hydrogens is 304 g/mol. The molecule has 0 aliphatic heterocycles. The summed E-state index contributed by atoms with van der Waals surface area (Å²) in [6.45, 7) is 1.92. The number of carbonyl (C=O) groups excluding carboxylic acids is 1. The number of anilines is 1. The first kappa shape index (κ1) is 14.2. The number of nitrogens with one attached hydrogen (secondary N) is 1. The van der Waals surface area contributed by atoms with Crippen LogP contribution in [0.3, 0.4) is 0 Å². The summed E-state index contributed by atoms with van der Waals surface area (Å²) in [6, 6.07) is 8.57. The van der Waals surface area contributed by atoms with Crippen molar-refractivity contribution in [3.63, 3.8) is 0 Å². The third kappa shape index (κ3) is 2.94. The van der Waals surface area contributed by atoms with Gasteiger partial charge in [0.05, 0.1) is 10.7 Å². The summed E-state index contributed by atoms with van der Waals surface area (Å²) in [4.78, 5) is 16.0. The number of amides is 1. The van der Waals surface area contributed by atoms with Gasteiger partial charge < -0.3 is 5.32 Å². The molecule has 8 heteroatoms. The van der Waals surface area contributed by atoms with Gasteiger partial charge in [-0.15, -0.1) is 10.2 Å². The van der Waals surface area contributed by atoms with E-state index in [2.05, 4.69) is 25.6 Å². The fourth-order valence-electron chi connectivity index (χ4n) is 1.80. The van der Waals surface area contributed by atoms with Gasteiger partial charge in [0.25, 0.3) is 5.91 Å². The number of hydrogen-bond acceptors (Lipinski definition) is 5. The van der Waals surface area contributed by atoms with E-state index < -0.39 is 0 Å². The molecule has 1 N–H and O–H groups in total. The zero-order valence-corrected chi connectivity index (χ0v) is 12.3. The smallest absolute Gasteiger partial charge is 0.276 e. The third-order valence-corrected chi connectivity index (χ3v) is 3.22. The third-order valence-electron chi connectivity index (χ3n) is 2.91. The molecular formula is C14H11ClN6O. The Morgan fingerprint density at radius 2 is 2.09 bits per heavy atom. The summed E-state index contributed by atoms with van der Waals surface area (Å²) >= 11 is 6.08. The van der Waals surface area contributed by atoms with E-state index in [9.17, 15) is 4.79 Å². The van der Waals surface area contributed by atoms with Crippen LogP contribution in [0.1, 0.15) is 16.1 Å². The molecule has 0 atom stereocenters. The van der Waals surface area contributed by atoms with Crippen LogP contribution in [0.2, 0.25) is 5.02 Å². The van der Waals surface area contributed by atoms with Crippen molar-refractivity contribution in [2.45, 2.75) is 6.92 Å². The Hall–Kier alpha value is -2.80. The maximum atomic E-state index is 12.1. The first-order valence-corrected chi connectivity index (χ1v) is 6.77. The van der Waals surface area contributed by atoms with Gasteiger partial charge in [-0.1, -0.05) is 17.7 Å². The number of nitrogens with zero attached hydrogens (tertiary/aromatic N) is 5. The summed E-state index contributed by atoms with van der Waals surface area (Å²) < 4.78 is 1.45. The molecule has 0 aliphatic carbocycles. The van der Waals surface area contributed by atoms with E-state index in [1.165, 1.54) is 17.3 Å². The Morgan fingerprint density at radius 3 is 2.73 bits per heavy atom. The van der Waals surface area contributed by atoms with Crippen LogP contribution in [0.5, 0.6) is 0 Å². The molecule has 2 aromatic heterocycles. The Kier molecular flexibility index (Phi) is 3.80. The normalized spacial score (nSPS) is 10.5. The van der Waals surface area contributed by atoms with Gasteiger partial charge in [0.2, 0.25) is 0 Å². The van der Waals surface area contributed by atoms with Gasteiger partial charge in [-0.25, -0.2) is 9.67 Å². The summed E-state index contributed by atoms with van der Waals surface area (Å²) in [6.07, 6.45) is 2.89. The number of aromatic nitrogens is 5. The molecule has 110 valence electrons. The van der Waals surface area contributed by atoms with Crippen LogP contribution in [-0.2, 0) is 0 Å². The summed E-state index contributed by atoms with van der Waals surface area (Å²) in [7, 11) is 0. The molecule has 0 saturated heterocycles. The number of rotatable bonds is 3. The second-order valence-electron chi connectivity index (χ2n) is 4.55. The lowest BCUT2D eigenvalue weighted by Gasteiger charge is -2.07. The van der Waals surface area contributed by atoms with Gasteiger partial charge in [-0.3, -0.25) is 4.79 Å². The molecule has 22 heavy (non-hydrogen) atoms. The van der Waals surface area contributed by atoms with Gasteiger partial charge in [0, 0.05) is 0 Å². The lowest BCUT2D eigenvalue weighted by Crippen LogP contribution is -2.15. The maximum Gasteiger partial charge on any atom is 0.276 e. The average Bonchev–Trinajstić information content (AvgIpc) is 3.04. The van der Waals surface area contributed by atoms with Crippen molar-refractivity contribution >= 4 is 23.2 Å². The molecule has 0 fully saturated rings. The van der Waals surface area contributed by atoms with Gasteiger partial charge in [-0.05, 0) is 36.8 Å². The van der Waals surface area contributed by atoms with Crippen molar-refractivity contribution in [2.24, 2.45) is 0 Å². The minimum Gasteiger partial charge on any atom is -0.319 e. The molecule has 0 saturated carbocycles. The molecule has 1 amide bonds. The lowest BCUT2D eigenvalue weighted by atomic mass is 10.2. The van der Waals surface area contributed by atoms with Crippen molar-refractivity contribution in [3.05, 3.63) is 59.3 Å². The summed E-state index contributed by atoms with van der Waals surface area (Å²) in [5.74, 6) is 0.0887. The quantitative estimate of drug-likeness (QED) is 0.801. The molecule has 1 aromatic carbocycles. The average molecular weight is 315 g/mol. The van der Waals surface area contributed by atoms with E-state index in [4.69, 9.17) is 11.6 Å². The number of carbonyl (C=O) groups is 1. The monoisotopic (exact) mass is 314 g/mol. The molecule has 0 unspecified atom stereocenters. The first-order chi connectivity index (χ1) is 10.6. The van der Waals surface area contributed by atoms with Crippen LogP contribution in [0.25, 0.3) is 5.82 Å². The predicted molar refractivity (Wildman–Crippen MR) is 81.1 cm³/mol. The van der Waals surface area contributed by atoms with Crippen molar-refractivity contribution in [3.8, 4) is 5.82 Å². The first-order valence-electron chi connectivity index (χ1n) is 6.40. The fourth-order valence-corrected chi connectivity index (χ4v) is 2.09. The van der Waals surface area contributed by atoms with Crippen LogP contribution in [0.4, 0.5) is 5.69 Å². The second kappa shape index (κ2) is 5.90. The molecule has 0 radical (unpaired) electrons. The Bertz CT molecular complexity index is 801. The largest absolute Gasteiger partial charge is 0.319 e. The highest BCUT2D eigenvalue weighted by Gasteiger charge is 2.11. The molecule has 0 aliphatic rings. The molecule has 0 bridgehead atoms. The highest BCUT2D eigenvalue weighted by molar-refractivity contribution is 6.34. The van der Waals surface area contributed by atoms with Crippen LogP contribution < -0.4 is 5.32 Å². The van der Waals surface area contributed by atoms with Crippen LogP contribution >= 0.6 is 11.6 Å². The maximum absolute atomic E-state index is 12.1. The van der Waals surface area contributed by atoms with Gasteiger partial charge in [0.15, 0.2) is 11.5 Å². The summed E-state index contributed by atoms with van der Waals surface area (Å²) in [5, 5.41) is 14.9. The zero-order valence-electron chi connectivity index (χ0n) is 11.6. The van der Waals surface area contributed by atoms with E-state index in [0.29, 0.717) is 16.5 Å². The van der Waals surface area contributed by atoms with E-state index in [1.807, 2.05) is 13.0 Å². The summed E-state index contributed by atoms with van der Waals surface area (Å²) in [5.41, 5.74) is 1.72. The number of aryl methyl sites for hydroxylation is 1. The molecule has 7 nitrogen and oxygen atoms in total. The standard InChI is InChI=1S/C14H11ClN6O/c1-9-2-3-11(10(15)6-9)18-14(22)12-4-5-13(20-19-12)21-8-16-7-17-21/h2-8H,1H3,(H,18,22). The van der Waals surface area contributed by atoms with Crippen molar-refractivity contribution < 1.29 is 4.79 Å². The van der Waals surface area contributed by atoms with Gasteiger partial charge in [-0.2, -0.15) is 5.10 Å². The molecule has 2 heterocycles. The highest BCUT2D eigenvalue weighted by Crippen LogP contribution is 2.23. The van der Waals surface area contributed by atoms with Crippen LogP contribution in [0.15, 0.2) is 43.0 Å². The van der Waals surface area contributed by atoms with Gasteiger partial charge >= 0.3 is 0 Å². The number of hydrogen-bond donors (Lipinski definition) is 1. The van der Waals surface area contributed by atoms with Crippen molar-refractivity contribution in [1.82, 2.24) is 25.0 Å². The van der Waals surface area contributed by atoms with Gasteiger partial charge in [0.1, 0.15) is 12.7 Å². The van der Waals surface area contributed by atoms with Crippen molar-refractivity contribution in [1.29, 1.82) is 0 Å². The van der Waals surface area contributed by atoms with E-state index >= 15 is 0 Å². The predicted octanol–water partition coefficient (Wildman–Crippen LogP) is 2.27. The van der Waals surface area contributed by atoms with E-state index in [1.54, 1.807) is 24.3 Å². The topological polar surface area (TPSA) is 85.6 Å². The SMILES string of the molecule is Cc1ccc(NC(=O)c2ccc(-n3cncn3)nn2)c(Cl)c1.